The van der Waals surface area contributed by atoms with Crippen molar-refractivity contribution in [3.05, 3.63) is 71.8 Å². The highest BCUT2D eigenvalue weighted by atomic mass is 16.2. The number of carbonyl (C=O) groups is 1. The number of rotatable bonds is 5. The quantitative estimate of drug-likeness (QED) is 0.839. The van der Waals surface area contributed by atoms with Crippen LogP contribution < -0.4 is 0 Å². The first kappa shape index (κ1) is 17.6. The number of piperazine rings is 1. The lowest BCUT2D eigenvalue weighted by molar-refractivity contribution is -0.135. The van der Waals surface area contributed by atoms with Crippen molar-refractivity contribution in [3.8, 4) is 0 Å². The van der Waals surface area contributed by atoms with Gasteiger partial charge in [0.25, 0.3) is 0 Å². The van der Waals surface area contributed by atoms with Crippen LogP contribution in [-0.4, -0.2) is 60.9 Å². The van der Waals surface area contributed by atoms with E-state index in [9.17, 15) is 4.79 Å². The second-order valence-corrected chi connectivity index (χ2v) is 6.84. The second-order valence-electron chi connectivity index (χ2n) is 6.84. The third kappa shape index (κ3) is 4.47. The van der Waals surface area contributed by atoms with E-state index in [0.717, 1.165) is 38.3 Å². The van der Waals surface area contributed by atoms with Crippen LogP contribution in [0.25, 0.3) is 0 Å². The van der Waals surface area contributed by atoms with Crippen LogP contribution in [0.15, 0.2) is 60.7 Å². The molecule has 1 fully saturated rings. The number of benzene rings is 2. The van der Waals surface area contributed by atoms with Gasteiger partial charge in [-0.05, 0) is 11.1 Å². The van der Waals surface area contributed by atoms with Crippen molar-refractivity contribution in [1.82, 2.24) is 14.7 Å². The molecule has 1 aliphatic heterocycles. The van der Waals surface area contributed by atoms with E-state index >= 15 is 0 Å². The van der Waals surface area contributed by atoms with Crippen molar-refractivity contribution in [2.75, 3.05) is 40.3 Å². The zero-order chi connectivity index (χ0) is 17.6. The SMILES string of the molecule is CN(C)C(=O)C(c1ccccc1)N1CCN(Cc2ccccc2)CC1. The Kier molecular flexibility index (Phi) is 5.84. The van der Waals surface area contributed by atoms with E-state index in [0.29, 0.717) is 0 Å². The monoisotopic (exact) mass is 337 g/mol. The first-order valence-corrected chi connectivity index (χ1v) is 8.91. The molecule has 0 saturated carbocycles. The predicted molar refractivity (Wildman–Crippen MR) is 101 cm³/mol. The van der Waals surface area contributed by atoms with E-state index < -0.39 is 0 Å². The number of likely N-dealkylation sites (N-methyl/N-ethyl adjacent to an activating group) is 1. The summed E-state index contributed by atoms with van der Waals surface area (Å²) >= 11 is 0. The summed E-state index contributed by atoms with van der Waals surface area (Å²) in [5.41, 5.74) is 2.43. The van der Waals surface area contributed by atoms with Crippen molar-refractivity contribution >= 4 is 5.91 Å². The lowest BCUT2D eigenvalue weighted by atomic mass is 10.0. The fourth-order valence-corrected chi connectivity index (χ4v) is 3.41. The highest BCUT2D eigenvalue weighted by molar-refractivity contribution is 5.82. The molecule has 4 heteroatoms. The van der Waals surface area contributed by atoms with Crippen LogP contribution in [0.3, 0.4) is 0 Å². The zero-order valence-corrected chi connectivity index (χ0v) is 15.1. The molecule has 2 aromatic carbocycles. The van der Waals surface area contributed by atoms with Crippen LogP contribution in [0.5, 0.6) is 0 Å². The molecule has 2 aromatic rings. The van der Waals surface area contributed by atoms with Gasteiger partial charge < -0.3 is 4.90 Å². The Morgan fingerprint density at radius 3 is 2.04 bits per heavy atom. The molecule has 1 unspecified atom stereocenters. The summed E-state index contributed by atoms with van der Waals surface area (Å²) in [5.74, 6) is 0.155. The minimum absolute atomic E-state index is 0.155. The average Bonchev–Trinajstić information content (AvgIpc) is 2.65. The average molecular weight is 337 g/mol. The molecule has 1 saturated heterocycles. The molecule has 1 heterocycles. The zero-order valence-electron chi connectivity index (χ0n) is 15.1. The molecule has 25 heavy (non-hydrogen) atoms. The van der Waals surface area contributed by atoms with Gasteiger partial charge in [-0.15, -0.1) is 0 Å². The fraction of sp³-hybridized carbons (Fsp3) is 0.381. The largest absolute Gasteiger partial charge is 0.347 e. The summed E-state index contributed by atoms with van der Waals surface area (Å²) in [6.45, 7) is 4.77. The predicted octanol–water partition coefficient (Wildman–Crippen LogP) is 2.63. The molecule has 1 aliphatic rings. The number of amides is 1. The molecule has 0 aliphatic carbocycles. The van der Waals surface area contributed by atoms with Crippen molar-refractivity contribution in [3.63, 3.8) is 0 Å². The number of carbonyl (C=O) groups excluding carboxylic acids is 1. The Hall–Kier alpha value is -2.17. The van der Waals surface area contributed by atoms with E-state index in [1.54, 1.807) is 4.90 Å². The van der Waals surface area contributed by atoms with Crippen molar-refractivity contribution < 1.29 is 4.79 Å². The topological polar surface area (TPSA) is 26.8 Å². The highest BCUT2D eigenvalue weighted by Crippen LogP contribution is 2.24. The van der Waals surface area contributed by atoms with Gasteiger partial charge in [0.2, 0.25) is 5.91 Å². The normalized spacial score (nSPS) is 17.2. The summed E-state index contributed by atoms with van der Waals surface area (Å²) in [6, 6.07) is 20.5. The van der Waals surface area contributed by atoms with E-state index in [1.165, 1.54) is 5.56 Å². The maximum atomic E-state index is 12.8. The van der Waals surface area contributed by atoms with E-state index in [4.69, 9.17) is 0 Å². The van der Waals surface area contributed by atoms with Crippen LogP contribution in [-0.2, 0) is 11.3 Å². The van der Waals surface area contributed by atoms with Gasteiger partial charge in [-0.1, -0.05) is 60.7 Å². The van der Waals surface area contributed by atoms with Crippen LogP contribution in [0.1, 0.15) is 17.2 Å². The maximum absolute atomic E-state index is 12.8. The van der Waals surface area contributed by atoms with Gasteiger partial charge in [-0.2, -0.15) is 0 Å². The minimum atomic E-state index is -0.185. The molecule has 0 radical (unpaired) electrons. The van der Waals surface area contributed by atoms with E-state index in [2.05, 4.69) is 52.3 Å². The van der Waals surface area contributed by atoms with Crippen LogP contribution in [0.2, 0.25) is 0 Å². The molecule has 3 rings (SSSR count). The van der Waals surface area contributed by atoms with E-state index in [1.807, 2.05) is 32.3 Å². The summed E-state index contributed by atoms with van der Waals surface area (Å²) < 4.78 is 0. The maximum Gasteiger partial charge on any atom is 0.244 e. The van der Waals surface area contributed by atoms with Gasteiger partial charge in [0.15, 0.2) is 0 Å². The third-order valence-electron chi connectivity index (χ3n) is 4.81. The second kappa shape index (κ2) is 8.28. The molecule has 0 bridgehead atoms. The lowest BCUT2D eigenvalue weighted by Crippen LogP contribution is -2.50. The van der Waals surface area contributed by atoms with E-state index in [-0.39, 0.29) is 11.9 Å². The van der Waals surface area contributed by atoms with Crippen LogP contribution in [0, 0.1) is 0 Å². The van der Waals surface area contributed by atoms with Crippen molar-refractivity contribution in [2.45, 2.75) is 12.6 Å². The molecule has 0 N–H and O–H groups in total. The first-order valence-electron chi connectivity index (χ1n) is 8.91. The minimum Gasteiger partial charge on any atom is -0.347 e. The number of nitrogens with zero attached hydrogens (tertiary/aromatic N) is 3. The summed E-state index contributed by atoms with van der Waals surface area (Å²) in [7, 11) is 3.67. The molecular weight excluding hydrogens is 310 g/mol. The summed E-state index contributed by atoms with van der Waals surface area (Å²) in [5, 5.41) is 0. The number of hydrogen-bond acceptors (Lipinski definition) is 3. The van der Waals surface area contributed by atoms with Gasteiger partial charge in [-0.25, -0.2) is 0 Å². The molecule has 4 nitrogen and oxygen atoms in total. The molecule has 132 valence electrons. The van der Waals surface area contributed by atoms with Crippen LogP contribution >= 0.6 is 0 Å². The Morgan fingerprint density at radius 1 is 0.920 bits per heavy atom. The molecule has 0 aromatic heterocycles. The molecule has 1 amide bonds. The van der Waals surface area contributed by atoms with Gasteiger partial charge in [-0.3, -0.25) is 14.6 Å². The summed E-state index contributed by atoms with van der Waals surface area (Å²) in [4.78, 5) is 19.3. The Bertz CT molecular complexity index is 664. The third-order valence-corrected chi connectivity index (χ3v) is 4.81. The van der Waals surface area contributed by atoms with Crippen LogP contribution in [0.4, 0.5) is 0 Å². The van der Waals surface area contributed by atoms with Gasteiger partial charge in [0, 0.05) is 46.8 Å². The van der Waals surface area contributed by atoms with Gasteiger partial charge in [0.05, 0.1) is 0 Å². The number of hydrogen-bond donors (Lipinski definition) is 0. The molecule has 0 spiro atoms. The first-order chi connectivity index (χ1) is 12.1. The Labute approximate surface area is 150 Å². The summed E-state index contributed by atoms with van der Waals surface area (Å²) in [6.07, 6.45) is 0. The Morgan fingerprint density at radius 2 is 1.48 bits per heavy atom. The molecular formula is C21H27N3O. The van der Waals surface area contributed by atoms with Gasteiger partial charge >= 0.3 is 0 Å². The lowest BCUT2D eigenvalue weighted by Gasteiger charge is -2.39. The van der Waals surface area contributed by atoms with Gasteiger partial charge in [0.1, 0.15) is 6.04 Å². The smallest absolute Gasteiger partial charge is 0.244 e. The van der Waals surface area contributed by atoms with Crippen molar-refractivity contribution in [2.24, 2.45) is 0 Å². The fourth-order valence-electron chi connectivity index (χ4n) is 3.41. The Balaban J connectivity index is 1.67. The highest BCUT2D eigenvalue weighted by Gasteiger charge is 2.31. The van der Waals surface area contributed by atoms with Crippen molar-refractivity contribution in [1.29, 1.82) is 0 Å². The molecule has 1 atom stereocenters. The standard InChI is InChI=1S/C21H27N3O/c1-22(2)21(25)20(19-11-7-4-8-12-19)24-15-13-23(14-16-24)17-18-9-5-3-6-10-18/h3-12,20H,13-17H2,1-2H3.